The Hall–Kier alpha value is -3.18. The van der Waals surface area contributed by atoms with Gasteiger partial charge in [0.15, 0.2) is 5.76 Å². The zero-order valence-corrected chi connectivity index (χ0v) is 19.7. The number of nitrogens with one attached hydrogen (secondary N) is 1. The lowest BCUT2D eigenvalue weighted by molar-refractivity contribution is -0.192. The van der Waals surface area contributed by atoms with Crippen LogP contribution >= 0.6 is 0 Å². The summed E-state index contributed by atoms with van der Waals surface area (Å²) < 4.78 is 43.6. The molecule has 0 aliphatic heterocycles. The normalized spacial score (nSPS) is 20.0. The lowest BCUT2D eigenvalue weighted by Crippen LogP contribution is -2.56. The first-order valence-electron chi connectivity index (χ1n) is 11.2. The van der Waals surface area contributed by atoms with Crippen LogP contribution in [-0.2, 0) is 14.3 Å². The van der Waals surface area contributed by atoms with E-state index in [1.807, 2.05) is 42.5 Å². The molecule has 0 saturated heterocycles. The van der Waals surface area contributed by atoms with E-state index in [9.17, 15) is 18.0 Å². The van der Waals surface area contributed by atoms with Gasteiger partial charge in [-0.2, -0.15) is 13.2 Å². The van der Waals surface area contributed by atoms with Crippen LogP contribution in [0, 0.1) is 0 Å². The van der Waals surface area contributed by atoms with Crippen molar-refractivity contribution in [3.8, 4) is 11.3 Å². The molecule has 8 nitrogen and oxygen atoms in total. The molecule has 1 aliphatic rings. The number of benzene rings is 1. The number of hydrogen-bond acceptors (Lipinski definition) is 6. The van der Waals surface area contributed by atoms with E-state index in [1.165, 1.54) is 6.92 Å². The van der Waals surface area contributed by atoms with E-state index >= 15 is 0 Å². The average Bonchev–Trinajstić information content (AvgIpc) is 3.30. The number of hydrogen-bond donors (Lipinski definition) is 3. The van der Waals surface area contributed by atoms with Crippen LogP contribution in [0.4, 0.5) is 13.2 Å². The fourth-order valence-corrected chi connectivity index (χ4v) is 3.60. The fourth-order valence-electron chi connectivity index (χ4n) is 3.60. The number of ether oxygens (including phenoxy) is 1. The van der Waals surface area contributed by atoms with E-state index < -0.39 is 12.1 Å². The van der Waals surface area contributed by atoms with Crippen molar-refractivity contribution in [3.05, 3.63) is 48.2 Å². The van der Waals surface area contributed by atoms with Crippen molar-refractivity contribution in [1.29, 1.82) is 0 Å². The zero-order chi connectivity index (χ0) is 26.2. The van der Waals surface area contributed by atoms with E-state index in [0.29, 0.717) is 12.2 Å². The number of carboxylic acids is 1. The number of nitrogens with two attached hydrogens (primary N) is 1. The Bertz CT molecular complexity index is 1000. The number of halogens is 3. The van der Waals surface area contributed by atoms with Crippen molar-refractivity contribution < 1.29 is 37.1 Å². The molecule has 4 N–H and O–H groups in total. The second-order valence-electron chi connectivity index (χ2n) is 8.07. The quantitative estimate of drug-likeness (QED) is 0.524. The largest absolute Gasteiger partial charge is 0.490 e. The Morgan fingerprint density at radius 1 is 1.26 bits per heavy atom. The molecule has 3 atom stereocenters. The summed E-state index contributed by atoms with van der Waals surface area (Å²) in [7, 11) is 0. The van der Waals surface area contributed by atoms with Crippen molar-refractivity contribution >= 4 is 17.4 Å². The number of carbonyl (C=O) groups is 2. The van der Waals surface area contributed by atoms with Crippen LogP contribution in [0.3, 0.4) is 0 Å². The highest BCUT2D eigenvalue weighted by molar-refractivity contribution is 5.75. The maximum Gasteiger partial charge on any atom is 0.490 e. The van der Waals surface area contributed by atoms with Gasteiger partial charge in [-0.05, 0) is 30.9 Å². The van der Waals surface area contributed by atoms with Crippen LogP contribution in [0.5, 0.6) is 0 Å². The van der Waals surface area contributed by atoms with E-state index in [2.05, 4.69) is 24.3 Å². The molecule has 1 aromatic heterocycles. The molecule has 0 radical (unpaired) electrons. The first-order valence-corrected chi connectivity index (χ1v) is 11.2. The second kappa shape index (κ2) is 12.5. The molecule has 2 aromatic rings. The summed E-state index contributed by atoms with van der Waals surface area (Å²) >= 11 is 0. The molecule has 0 saturated carbocycles. The van der Waals surface area contributed by atoms with Gasteiger partial charge in [0.05, 0.1) is 18.2 Å². The average molecular weight is 498 g/mol. The monoisotopic (exact) mass is 497 g/mol. The summed E-state index contributed by atoms with van der Waals surface area (Å²) in [5.74, 6) is -2.15. The third-order valence-corrected chi connectivity index (χ3v) is 5.41. The van der Waals surface area contributed by atoms with Crippen LogP contribution in [-0.4, -0.2) is 52.6 Å². The molecule has 0 bridgehead atoms. The third kappa shape index (κ3) is 8.22. The molecule has 1 aliphatic carbocycles. The van der Waals surface area contributed by atoms with Gasteiger partial charge in [0.1, 0.15) is 5.69 Å². The van der Waals surface area contributed by atoms with Crippen molar-refractivity contribution in [3.63, 3.8) is 0 Å². The van der Waals surface area contributed by atoms with Gasteiger partial charge in [-0.3, -0.25) is 4.79 Å². The van der Waals surface area contributed by atoms with Crippen LogP contribution in [0.1, 0.15) is 45.7 Å². The van der Waals surface area contributed by atoms with Crippen LogP contribution in [0.15, 0.2) is 47.0 Å². The van der Waals surface area contributed by atoms with Crippen LogP contribution in [0.25, 0.3) is 16.9 Å². The summed E-state index contributed by atoms with van der Waals surface area (Å²) in [5, 5.41) is 14.3. The molecule has 3 rings (SSSR count). The molecule has 0 fully saturated rings. The summed E-state index contributed by atoms with van der Waals surface area (Å²) in [6.07, 6.45) is -0.838. The Balaban J connectivity index is 0.000000540. The maximum atomic E-state index is 11.7. The molecule has 0 unspecified atom stereocenters. The lowest BCUT2D eigenvalue weighted by atomic mass is 9.86. The standard InChI is InChI=1S/C22H29N3O3.C2HF3O2/c1-4-17(5-2)27-21-12-16(11-18(23)22(21)24-14(3)26)19-13-20(28-25-19)15-9-7-6-8-10-15;3-2(4,5)1(6)7/h6-10,12-13,17-18,21-22H,4-5,11,23H2,1-3H3,(H,24,26);(H,6,7)/t18-,21+,22+;/m0./s1. The van der Waals surface area contributed by atoms with Gasteiger partial charge in [-0.25, -0.2) is 4.79 Å². The van der Waals surface area contributed by atoms with Crippen molar-refractivity contribution in [2.24, 2.45) is 5.73 Å². The number of nitrogens with zero attached hydrogens (tertiary/aromatic N) is 1. The second-order valence-corrected chi connectivity index (χ2v) is 8.07. The van der Waals surface area contributed by atoms with Crippen molar-refractivity contribution in [1.82, 2.24) is 10.5 Å². The molecular weight excluding hydrogens is 467 g/mol. The third-order valence-electron chi connectivity index (χ3n) is 5.41. The molecule has 11 heteroatoms. The Labute approximate surface area is 201 Å². The Morgan fingerprint density at radius 3 is 2.37 bits per heavy atom. The minimum Gasteiger partial charge on any atom is -0.475 e. The zero-order valence-electron chi connectivity index (χ0n) is 19.7. The Kier molecular flexibility index (Phi) is 10.0. The fraction of sp³-hybridized carbons (Fsp3) is 0.458. The number of rotatable bonds is 7. The van der Waals surface area contributed by atoms with Gasteiger partial charge in [0.25, 0.3) is 0 Å². The van der Waals surface area contributed by atoms with Gasteiger partial charge in [-0.1, -0.05) is 49.3 Å². The van der Waals surface area contributed by atoms with Crippen molar-refractivity contribution in [2.75, 3.05) is 0 Å². The number of carbonyl (C=O) groups excluding carboxylic acids is 1. The topological polar surface area (TPSA) is 128 Å². The van der Waals surface area contributed by atoms with E-state index in [4.69, 9.17) is 24.9 Å². The van der Waals surface area contributed by atoms with Gasteiger partial charge < -0.3 is 25.4 Å². The molecule has 192 valence electrons. The summed E-state index contributed by atoms with van der Waals surface area (Å²) in [6, 6.07) is 11.3. The first-order chi connectivity index (χ1) is 16.5. The number of alkyl halides is 3. The number of aliphatic carboxylic acids is 1. The summed E-state index contributed by atoms with van der Waals surface area (Å²) in [5.41, 5.74) is 9.14. The van der Waals surface area contributed by atoms with Gasteiger partial charge in [0, 0.05) is 24.6 Å². The molecular formula is C24H30F3N3O5. The number of carboxylic acid groups (broad SMARTS) is 1. The highest BCUT2D eigenvalue weighted by Crippen LogP contribution is 2.31. The smallest absolute Gasteiger partial charge is 0.475 e. The SMILES string of the molecule is CCC(CC)O[C@@H]1C=C(c2cc(-c3ccccc3)on2)C[C@H](N)[C@H]1NC(C)=O.O=C(O)C(F)(F)F. The number of amides is 1. The molecule has 35 heavy (non-hydrogen) atoms. The van der Waals surface area contributed by atoms with Gasteiger partial charge in [0.2, 0.25) is 5.91 Å². The molecule has 0 spiro atoms. The summed E-state index contributed by atoms with van der Waals surface area (Å²) in [4.78, 5) is 20.6. The van der Waals surface area contributed by atoms with Gasteiger partial charge in [-0.15, -0.1) is 0 Å². The highest BCUT2D eigenvalue weighted by Gasteiger charge is 2.38. The first kappa shape index (κ1) is 28.1. The lowest BCUT2D eigenvalue weighted by Gasteiger charge is -2.36. The van der Waals surface area contributed by atoms with Crippen molar-refractivity contribution in [2.45, 2.75) is 70.5 Å². The maximum absolute atomic E-state index is 11.7. The minimum absolute atomic E-state index is 0.108. The molecule has 1 amide bonds. The summed E-state index contributed by atoms with van der Waals surface area (Å²) in [6.45, 7) is 5.70. The molecule has 1 aromatic carbocycles. The minimum atomic E-state index is -5.08. The van der Waals surface area contributed by atoms with Gasteiger partial charge >= 0.3 is 12.1 Å². The van der Waals surface area contributed by atoms with E-state index in [0.717, 1.165) is 29.7 Å². The molecule has 1 heterocycles. The van der Waals surface area contributed by atoms with Crippen LogP contribution in [0.2, 0.25) is 0 Å². The van der Waals surface area contributed by atoms with Crippen LogP contribution < -0.4 is 11.1 Å². The van der Waals surface area contributed by atoms with E-state index in [-0.39, 0.29) is 30.2 Å². The van der Waals surface area contributed by atoms with E-state index in [1.54, 1.807) is 0 Å². The highest BCUT2D eigenvalue weighted by atomic mass is 19.4. The predicted molar refractivity (Wildman–Crippen MR) is 123 cm³/mol. The Morgan fingerprint density at radius 2 is 1.86 bits per heavy atom. The number of aromatic nitrogens is 1. The predicted octanol–water partition coefficient (Wildman–Crippen LogP) is 4.17.